The van der Waals surface area contributed by atoms with Crippen LogP contribution in [0.25, 0.3) is 31.8 Å². The molecule has 0 unspecified atom stereocenters. The molecule has 4 aromatic carbocycles. The van der Waals surface area contributed by atoms with Crippen LogP contribution in [0.1, 0.15) is 98.6 Å². The van der Waals surface area contributed by atoms with Crippen LogP contribution in [-0.2, 0) is 19.9 Å². The smallest absolute Gasteiger partial charge is 0.151 e. The summed E-state index contributed by atoms with van der Waals surface area (Å²) in [5.74, 6) is 14.7. The number of aromatic nitrogens is 2. The van der Waals surface area contributed by atoms with Gasteiger partial charge in [-0.15, -0.1) is 11.3 Å². The maximum absolute atomic E-state index is 5.22. The van der Waals surface area contributed by atoms with Crippen LogP contribution in [0.5, 0.6) is 0 Å². The van der Waals surface area contributed by atoms with E-state index in [1.54, 1.807) is 11.3 Å². The summed E-state index contributed by atoms with van der Waals surface area (Å²) in [5, 5.41) is 1.24. The van der Waals surface area contributed by atoms with E-state index in [1.165, 1.54) is 72.6 Å². The molecule has 0 fully saturated rings. The number of thiophene rings is 1. The van der Waals surface area contributed by atoms with Gasteiger partial charge in [0.1, 0.15) is 5.52 Å². The number of aryl methyl sites for hydroxylation is 3. The number of hydrogen-bond acceptors (Lipinski definition) is 2. The fourth-order valence-electron chi connectivity index (χ4n) is 6.13. The van der Waals surface area contributed by atoms with Crippen LogP contribution in [-0.4, -0.2) is 9.55 Å². The van der Waals surface area contributed by atoms with Gasteiger partial charge in [-0.05, 0) is 90.7 Å². The Balaban J connectivity index is 1.32. The molecule has 0 aliphatic carbocycles. The minimum atomic E-state index is 0.897. The summed E-state index contributed by atoms with van der Waals surface area (Å²) in [6, 6.07) is 32.5. The predicted molar refractivity (Wildman–Crippen MR) is 202 cm³/mol. The van der Waals surface area contributed by atoms with Crippen LogP contribution in [0.3, 0.4) is 0 Å². The fraction of sp³-hybridized carbons (Fsp3) is 0.295. The van der Waals surface area contributed by atoms with Crippen LogP contribution in [0, 0.1) is 23.7 Å². The Morgan fingerprint density at radius 3 is 1.79 bits per heavy atom. The number of imidazole rings is 1. The Bertz CT molecular complexity index is 2040. The standard InChI is InChI=1S/C44H44N2S/c1-4-6-8-10-14-33-18-22-35(23-19-33)26-28-37-30-31-38(29-27-36-24-20-34(21-25-36)15-11-9-7-5-2)43-42(37)45-44(46(43)3)41-32-39-16-12-13-17-40(39)47-41/h12-13,16-25,30-32H,4-11,14-15H2,1-3H3. The Kier molecular flexibility index (Phi) is 10.9. The maximum Gasteiger partial charge on any atom is 0.151 e. The monoisotopic (exact) mass is 632 g/mol. The molecule has 236 valence electrons. The topological polar surface area (TPSA) is 17.8 Å². The summed E-state index contributed by atoms with van der Waals surface area (Å²) >= 11 is 1.78. The summed E-state index contributed by atoms with van der Waals surface area (Å²) in [7, 11) is 2.10. The van der Waals surface area contributed by atoms with Gasteiger partial charge in [0.05, 0.1) is 21.5 Å². The van der Waals surface area contributed by atoms with Gasteiger partial charge in [0.2, 0.25) is 0 Å². The molecule has 47 heavy (non-hydrogen) atoms. The van der Waals surface area contributed by atoms with E-state index in [4.69, 9.17) is 4.98 Å². The van der Waals surface area contributed by atoms with E-state index in [2.05, 4.69) is 140 Å². The molecule has 2 aromatic heterocycles. The van der Waals surface area contributed by atoms with E-state index in [0.717, 1.165) is 56.8 Å². The molecule has 2 heterocycles. The zero-order valence-corrected chi connectivity index (χ0v) is 28.9. The highest BCUT2D eigenvalue weighted by Gasteiger charge is 2.17. The quantitative estimate of drug-likeness (QED) is 0.103. The number of unbranched alkanes of at least 4 members (excludes halogenated alkanes) is 6. The molecule has 0 radical (unpaired) electrons. The number of rotatable bonds is 11. The molecule has 0 aliphatic rings. The Morgan fingerprint density at radius 1 is 0.617 bits per heavy atom. The van der Waals surface area contributed by atoms with Gasteiger partial charge in [-0.2, -0.15) is 0 Å². The second kappa shape index (κ2) is 15.8. The van der Waals surface area contributed by atoms with Crippen molar-refractivity contribution >= 4 is 32.5 Å². The zero-order chi connectivity index (χ0) is 32.4. The number of hydrogen-bond donors (Lipinski definition) is 0. The van der Waals surface area contributed by atoms with Gasteiger partial charge in [0.15, 0.2) is 5.82 Å². The molecule has 2 nitrogen and oxygen atoms in total. The highest BCUT2D eigenvalue weighted by atomic mass is 32.1. The Morgan fingerprint density at radius 2 is 1.19 bits per heavy atom. The van der Waals surface area contributed by atoms with Crippen LogP contribution in [0.4, 0.5) is 0 Å². The Hall–Kier alpha value is -4.57. The summed E-state index contributed by atoms with van der Waals surface area (Å²) in [6.07, 6.45) is 12.5. The third kappa shape index (κ3) is 8.05. The minimum Gasteiger partial charge on any atom is -0.325 e. The van der Waals surface area contributed by atoms with Crippen molar-refractivity contribution in [1.29, 1.82) is 0 Å². The molecule has 0 saturated heterocycles. The molecule has 3 heteroatoms. The number of fused-ring (bicyclic) bond motifs is 2. The molecule has 6 aromatic rings. The van der Waals surface area contributed by atoms with Gasteiger partial charge >= 0.3 is 0 Å². The van der Waals surface area contributed by atoms with Crippen LogP contribution in [0.2, 0.25) is 0 Å². The first-order chi connectivity index (χ1) is 23.1. The summed E-state index contributed by atoms with van der Waals surface area (Å²) < 4.78 is 3.46. The van der Waals surface area contributed by atoms with Crippen molar-refractivity contribution in [3.05, 3.63) is 124 Å². The summed E-state index contributed by atoms with van der Waals surface area (Å²) in [5.41, 5.74) is 8.62. The van der Waals surface area contributed by atoms with Gasteiger partial charge in [0.25, 0.3) is 0 Å². The second-order valence-corrected chi connectivity index (χ2v) is 13.6. The van der Waals surface area contributed by atoms with E-state index in [-0.39, 0.29) is 0 Å². The second-order valence-electron chi connectivity index (χ2n) is 12.5. The van der Waals surface area contributed by atoms with Crippen molar-refractivity contribution in [1.82, 2.24) is 9.55 Å². The Labute approximate surface area is 284 Å². The number of nitrogens with zero attached hydrogens (tertiary/aromatic N) is 2. The third-order valence-electron chi connectivity index (χ3n) is 8.90. The third-order valence-corrected chi connectivity index (χ3v) is 10.0. The van der Waals surface area contributed by atoms with Crippen LogP contribution in [0.15, 0.2) is 91.0 Å². The molecule has 0 bridgehead atoms. The van der Waals surface area contributed by atoms with E-state index in [9.17, 15) is 0 Å². The van der Waals surface area contributed by atoms with Crippen molar-refractivity contribution in [2.75, 3.05) is 0 Å². The average molecular weight is 633 g/mol. The van der Waals surface area contributed by atoms with Gasteiger partial charge in [0, 0.05) is 22.9 Å². The normalized spacial score (nSPS) is 11.0. The van der Waals surface area contributed by atoms with Gasteiger partial charge in [-0.1, -0.05) is 119 Å². The highest BCUT2D eigenvalue weighted by Crippen LogP contribution is 2.35. The van der Waals surface area contributed by atoms with Crippen molar-refractivity contribution in [3.8, 4) is 34.4 Å². The van der Waals surface area contributed by atoms with E-state index in [0.29, 0.717) is 0 Å². The minimum absolute atomic E-state index is 0.897. The molecule has 0 atom stereocenters. The predicted octanol–water partition coefficient (Wildman–Crippen LogP) is 11.5. The SMILES string of the molecule is CCCCCCc1ccc(C#Cc2ccc(C#Cc3ccc(CCCCCC)cc3)c3c2nc(-c2cc4ccccc4s2)n3C)cc1. The van der Waals surface area contributed by atoms with Crippen LogP contribution < -0.4 is 0 Å². The molecule has 0 amide bonds. The average Bonchev–Trinajstić information content (AvgIpc) is 3.69. The van der Waals surface area contributed by atoms with Gasteiger partial charge in [-0.25, -0.2) is 4.98 Å². The van der Waals surface area contributed by atoms with Crippen LogP contribution >= 0.6 is 11.3 Å². The lowest BCUT2D eigenvalue weighted by Gasteiger charge is -2.03. The molecular weight excluding hydrogens is 589 g/mol. The van der Waals surface area contributed by atoms with Crippen molar-refractivity contribution in [2.45, 2.75) is 78.1 Å². The molecule has 0 N–H and O–H groups in total. The fourth-order valence-corrected chi connectivity index (χ4v) is 7.22. The lowest BCUT2D eigenvalue weighted by molar-refractivity contribution is 0.667. The largest absolute Gasteiger partial charge is 0.325 e. The van der Waals surface area contributed by atoms with Gasteiger partial charge < -0.3 is 4.57 Å². The first kappa shape index (κ1) is 32.4. The molecule has 0 aliphatic heterocycles. The molecule has 0 saturated carbocycles. The maximum atomic E-state index is 5.22. The van der Waals surface area contributed by atoms with E-state index in [1.807, 2.05) is 0 Å². The van der Waals surface area contributed by atoms with Crippen molar-refractivity contribution in [2.24, 2.45) is 7.05 Å². The lowest BCUT2D eigenvalue weighted by Crippen LogP contribution is -1.93. The van der Waals surface area contributed by atoms with E-state index < -0.39 is 0 Å². The molecule has 6 rings (SSSR count). The molecular formula is C44H44N2S. The van der Waals surface area contributed by atoms with E-state index >= 15 is 0 Å². The zero-order valence-electron chi connectivity index (χ0n) is 28.0. The van der Waals surface area contributed by atoms with Crippen molar-refractivity contribution in [3.63, 3.8) is 0 Å². The summed E-state index contributed by atoms with van der Waals surface area (Å²) in [6.45, 7) is 4.52. The van der Waals surface area contributed by atoms with Crippen molar-refractivity contribution < 1.29 is 0 Å². The summed E-state index contributed by atoms with van der Waals surface area (Å²) in [4.78, 5) is 6.37. The first-order valence-corrected chi connectivity index (χ1v) is 18.1. The first-order valence-electron chi connectivity index (χ1n) is 17.3. The van der Waals surface area contributed by atoms with Gasteiger partial charge in [-0.3, -0.25) is 0 Å². The number of benzene rings is 4. The lowest BCUT2D eigenvalue weighted by atomic mass is 10.0. The molecule has 0 spiro atoms. The highest BCUT2D eigenvalue weighted by molar-refractivity contribution is 7.22.